The van der Waals surface area contributed by atoms with E-state index in [2.05, 4.69) is 71.1 Å². The van der Waals surface area contributed by atoms with Gasteiger partial charge < -0.3 is 58.7 Å². The van der Waals surface area contributed by atoms with Crippen LogP contribution in [0.5, 0.6) is 17.2 Å². The maximum Gasteiger partial charge on any atom is 0.325 e. The van der Waals surface area contributed by atoms with Crippen LogP contribution in [0.3, 0.4) is 0 Å². The number of urea groups is 1. The molecule has 1 unspecified atom stereocenters. The molecular weight excluding hydrogens is 1190 g/mol. The first-order valence-corrected chi connectivity index (χ1v) is 31.8. The van der Waals surface area contributed by atoms with Gasteiger partial charge in [-0.25, -0.2) is 14.5 Å². The van der Waals surface area contributed by atoms with E-state index in [0.717, 1.165) is 96.6 Å². The zero-order chi connectivity index (χ0) is 60.8. The summed E-state index contributed by atoms with van der Waals surface area (Å²) in [5, 5.41) is 19.4. The summed E-state index contributed by atoms with van der Waals surface area (Å²) in [6.45, 7) is 9.79. The van der Waals surface area contributed by atoms with Gasteiger partial charge in [-0.15, -0.1) is 16.4 Å². The maximum absolute atomic E-state index is 14.4. The summed E-state index contributed by atoms with van der Waals surface area (Å²) in [6, 6.07) is 29.3. The molecule has 1 atom stereocenters. The summed E-state index contributed by atoms with van der Waals surface area (Å²) in [5.74, 6) is 2.70. The highest BCUT2D eigenvalue weighted by Crippen LogP contribution is 2.62. The molecule has 1 aliphatic heterocycles. The highest BCUT2D eigenvalue weighted by molar-refractivity contribution is 9.10. The highest BCUT2D eigenvalue weighted by Gasteiger charge is 2.63. The molecule has 0 spiro atoms. The van der Waals surface area contributed by atoms with Crippen molar-refractivity contribution in [2.24, 2.45) is 5.92 Å². The topological polar surface area (TPSA) is 216 Å². The van der Waals surface area contributed by atoms with E-state index in [9.17, 15) is 19.2 Å². The molecule has 3 saturated carbocycles. The normalized spacial score (nSPS) is 16.6. The molecule has 23 heteroatoms. The third-order valence-corrected chi connectivity index (χ3v) is 17.3. The van der Waals surface area contributed by atoms with Gasteiger partial charge >= 0.3 is 6.03 Å². The largest absolute Gasteiger partial charge is 0.497 e. The first kappa shape index (κ1) is 64.5. The molecule has 3 heterocycles. The number of rotatable bonds is 36. The third-order valence-electron chi connectivity index (χ3n) is 16.0. The Morgan fingerprint density at radius 3 is 2.10 bits per heavy atom. The molecule has 0 radical (unpaired) electrons. The number of amides is 5. The van der Waals surface area contributed by atoms with Gasteiger partial charge in [-0.05, 0) is 142 Å². The van der Waals surface area contributed by atoms with Crippen LogP contribution < -0.4 is 30.2 Å². The van der Waals surface area contributed by atoms with Crippen molar-refractivity contribution in [1.29, 1.82) is 0 Å². The third kappa shape index (κ3) is 19.8. The maximum atomic E-state index is 14.4. The molecule has 1 saturated heterocycles. The van der Waals surface area contributed by atoms with Gasteiger partial charge in [-0.1, -0.05) is 57.5 Å². The Hall–Kier alpha value is -6.99. The molecule has 10 rings (SSSR count). The van der Waals surface area contributed by atoms with Gasteiger partial charge in [-0.2, -0.15) is 0 Å². The molecule has 2 bridgehead atoms. The summed E-state index contributed by atoms with van der Waals surface area (Å²) in [7, 11) is 5.78. The number of aromatic nitrogens is 4. The average Bonchev–Trinajstić information content (AvgIpc) is 1.08. The van der Waals surface area contributed by atoms with Crippen LogP contribution in [0.4, 0.5) is 15.6 Å². The lowest BCUT2D eigenvalue weighted by atomic mass is 9.48. The van der Waals surface area contributed by atoms with E-state index in [-0.39, 0.29) is 29.7 Å². The van der Waals surface area contributed by atoms with E-state index >= 15 is 0 Å². The molecule has 3 aliphatic carbocycles. The summed E-state index contributed by atoms with van der Waals surface area (Å²) in [6.07, 6.45) is 8.37. The lowest BCUT2D eigenvalue weighted by Gasteiger charge is -2.67. The van der Waals surface area contributed by atoms with Gasteiger partial charge in [0.05, 0.1) is 77.7 Å². The van der Waals surface area contributed by atoms with Crippen molar-refractivity contribution in [2.75, 3.05) is 124 Å². The Labute approximate surface area is 522 Å². The first-order chi connectivity index (χ1) is 42.4. The summed E-state index contributed by atoms with van der Waals surface area (Å²) < 4.78 is 37.2. The lowest BCUT2D eigenvalue weighted by molar-refractivity contribution is -0.185. The second kappa shape index (κ2) is 32.8. The number of benzene rings is 4. The first-order valence-electron chi connectivity index (χ1n) is 30.1. The smallest absolute Gasteiger partial charge is 0.325 e. The number of hydrogen-bond donors (Lipinski definition) is 3. The Bertz CT molecular complexity index is 3090. The molecule has 6 aromatic rings. The molecule has 2 aromatic heterocycles. The number of nitrogens with one attached hydrogen (secondary N) is 3. The number of likely N-dealkylation sites (N-methyl/N-ethyl adjacent to an activating group) is 2. The number of carbonyl (C=O) groups excluding carboxylic acids is 4. The second-order valence-electron chi connectivity index (χ2n) is 22.5. The summed E-state index contributed by atoms with van der Waals surface area (Å²) >= 11 is 4.83. The Morgan fingerprint density at radius 1 is 0.724 bits per heavy atom. The number of nitrogens with zero attached hydrogens (tertiary/aromatic N) is 8. The lowest BCUT2D eigenvalue weighted by Crippen LogP contribution is -2.71. The minimum Gasteiger partial charge on any atom is -0.497 e. The molecular formula is C64H82BrN11O10S. The van der Waals surface area contributed by atoms with Crippen molar-refractivity contribution < 1.29 is 47.6 Å². The fourth-order valence-corrected chi connectivity index (χ4v) is 11.8. The van der Waals surface area contributed by atoms with Crippen LogP contribution in [-0.2, 0) is 60.9 Å². The Morgan fingerprint density at radius 2 is 1.39 bits per heavy atom. The van der Waals surface area contributed by atoms with E-state index in [1.165, 1.54) is 11.3 Å². The van der Waals surface area contributed by atoms with Gasteiger partial charge in [0.2, 0.25) is 17.7 Å². The van der Waals surface area contributed by atoms with E-state index in [1.807, 2.05) is 88.8 Å². The molecule has 4 fully saturated rings. The van der Waals surface area contributed by atoms with E-state index in [0.29, 0.717) is 126 Å². The number of anilines is 2. The quantitative estimate of drug-likeness (QED) is 0.0316. The number of methoxy groups -OCH3 is 1. The van der Waals surface area contributed by atoms with Gasteiger partial charge in [0.25, 0.3) is 0 Å². The number of thiazole rings is 1. The minimum absolute atomic E-state index is 0.00242. The van der Waals surface area contributed by atoms with Crippen molar-refractivity contribution in [3.63, 3.8) is 0 Å². The number of carbonyl (C=O) groups is 4. The zero-order valence-electron chi connectivity index (χ0n) is 50.2. The molecule has 4 aliphatic rings. The Kier molecular flexibility index (Phi) is 24.3. The number of piperazine rings is 1. The van der Waals surface area contributed by atoms with Gasteiger partial charge in [-0.3, -0.25) is 19.7 Å². The van der Waals surface area contributed by atoms with E-state index < -0.39 is 12.1 Å². The zero-order valence-corrected chi connectivity index (χ0v) is 52.6. The van der Waals surface area contributed by atoms with Crippen molar-refractivity contribution in [3.05, 3.63) is 141 Å². The number of halogens is 1. The SMILES string of the molecule is COc1ccc(CNC(=O)C(c2ccc(Br)cc2)N(C(=O)CCc2ccc(OCCCCN(C)CCOCCOCCc3cn(CCOCCOc4ccc(NC(=O)Nc5nc(CC(=O)N6CCN(C)CC6)cs5)cc4)nn3)cc2)C23CC(C2)C3)cc1. The van der Waals surface area contributed by atoms with Crippen LogP contribution in [-0.4, -0.2) is 182 Å². The predicted octanol–water partition coefficient (Wildman–Crippen LogP) is 8.30. The monoisotopic (exact) mass is 1280 g/mol. The predicted molar refractivity (Wildman–Crippen MR) is 336 cm³/mol. The fraction of sp³-hybridized carbons (Fsp3) is 0.484. The molecule has 4 aromatic carbocycles. The van der Waals surface area contributed by atoms with E-state index in [4.69, 9.17) is 28.4 Å². The highest BCUT2D eigenvalue weighted by atomic mass is 79.9. The number of hydrogen-bond acceptors (Lipinski definition) is 16. The fourth-order valence-electron chi connectivity index (χ4n) is 10.8. The Balaban J connectivity index is 0.564. The van der Waals surface area contributed by atoms with Crippen molar-refractivity contribution in [1.82, 2.24) is 44.9 Å². The van der Waals surface area contributed by atoms with Crippen molar-refractivity contribution in [3.8, 4) is 17.2 Å². The molecule has 87 heavy (non-hydrogen) atoms. The standard InChI is InChI=1S/C64H82BrN11O10S/c1-72(25-4-5-32-85-56-19-6-47(7-20-56)10-23-58(77)76(64-41-49(42-64)43-64)60(50-11-13-51(65)14-12-50)61(79)66-44-48-8-17-55(81-3)18-9-48)30-34-83-37-36-82-33-24-53-45-75(71-70-53)31-35-84-38-39-86-57-21-15-52(16-22-57)67-62(80)69-63-68-54(46-87-63)40-59(78)74-28-26-73(2)27-29-74/h6-9,11-22,45-46,49,60H,4-5,10,23-44H2,1-3H3,(H,66,79)(H2,67,68,69,80). The number of aryl methyl sites for hydroxylation is 1. The van der Waals surface area contributed by atoms with Crippen LogP contribution in [0, 0.1) is 5.92 Å². The van der Waals surface area contributed by atoms with Crippen molar-refractivity contribution >= 4 is 61.8 Å². The average molecular weight is 1280 g/mol. The number of unbranched alkanes of at least 4 members (excludes halogenated alkanes) is 1. The van der Waals surface area contributed by atoms with Crippen molar-refractivity contribution in [2.45, 2.75) is 82.5 Å². The van der Waals surface area contributed by atoms with Crippen LogP contribution in [0.2, 0.25) is 0 Å². The second-order valence-corrected chi connectivity index (χ2v) is 24.3. The molecule has 3 N–H and O–H groups in total. The molecule has 21 nitrogen and oxygen atoms in total. The summed E-state index contributed by atoms with van der Waals surface area (Å²) in [5.41, 5.74) is 4.61. The van der Waals surface area contributed by atoms with Gasteiger partial charge in [0.1, 0.15) is 29.9 Å². The van der Waals surface area contributed by atoms with Crippen LogP contribution in [0.25, 0.3) is 0 Å². The molecule has 466 valence electrons. The minimum atomic E-state index is -0.736. The van der Waals surface area contributed by atoms with Gasteiger partial charge in [0, 0.05) is 79.4 Å². The summed E-state index contributed by atoms with van der Waals surface area (Å²) in [4.78, 5) is 66.5. The molecule has 5 amide bonds. The van der Waals surface area contributed by atoms with Gasteiger partial charge in [0.15, 0.2) is 5.13 Å². The van der Waals surface area contributed by atoms with Crippen LogP contribution >= 0.6 is 27.3 Å². The number of ether oxygens (including phenoxy) is 6. The van der Waals surface area contributed by atoms with Crippen LogP contribution in [0.15, 0.2) is 113 Å². The van der Waals surface area contributed by atoms with E-state index in [1.54, 1.807) is 41.4 Å². The van der Waals surface area contributed by atoms with Crippen LogP contribution in [0.1, 0.15) is 72.6 Å².